The predicted molar refractivity (Wildman–Crippen MR) is 247 cm³/mol. The fourth-order valence-corrected chi connectivity index (χ4v) is 8.46. The molecule has 0 N–H and O–H groups in total. The molecule has 0 saturated carbocycles. The number of fused-ring (bicyclic) bond motifs is 2. The molecule has 0 bridgehead atoms. The topological polar surface area (TPSA) is 96.0 Å². The fraction of sp³-hybridized carbons (Fsp3) is 0.283. The van der Waals surface area contributed by atoms with Gasteiger partial charge in [0.1, 0.15) is 17.3 Å². The first kappa shape index (κ1) is 45.0. The number of aryl methyl sites for hydroxylation is 1. The number of benzene rings is 6. The van der Waals surface area contributed by atoms with Gasteiger partial charge in [0.25, 0.3) is 0 Å². The number of nitrogens with zero attached hydrogens (tertiary/aromatic N) is 2. The van der Waals surface area contributed by atoms with Crippen LogP contribution < -0.4 is 38.2 Å². The van der Waals surface area contributed by atoms with Crippen LogP contribution in [0, 0.1) is 12.7 Å². The lowest BCUT2D eigenvalue weighted by Gasteiger charge is -2.38. The van der Waals surface area contributed by atoms with Gasteiger partial charge in [0, 0.05) is 16.9 Å². The molecule has 6 aromatic carbocycles. The summed E-state index contributed by atoms with van der Waals surface area (Å²) in [6.07, 6.45) is 0.481. The quantitative estimate of drug-likeness (QED) is 0.107. The molecule has 2 heterocycles. The number of methoxy groups -OCH3 is 2. The van der Waals surface area contributed by atoms with Crippen LogP contribution >= 0.6 is 0 Å². The molecule has 0 radical (unpaired) electrons. The highest BCUT2D eigenvalue weighted by Crippen LogP contribution is 2.46. The van der Waals surface area contributed by atoms with Gasteiger partial charge in [-0.3, -0.25) is 9.59 Å². The highest BCUT2D eigenvalue weighted by atomic mass is 19.1. The SMILES string of the molecule is CCOc1cc2c(cc1OCC)C(c1ccccc1C)N(c1ccc(OC)cc1)C(=O)C2.CCOc1cc2c(cc1OCC)C(c1ccccc1F)N(c1ccc(OC)cc1)C(=O)C2. The van der Waals surface area contributed by atoms with Gasteiger partial charge in [-0.2, -0.15) is 0 Å². The third-order valence-electron chi connectivity index (χ3n) is 11.3. The number of anilines is 2. The maximum absolute atomic E-state index is 15.0. The lowest BCUT2D eigenvalue weighted by atomic mass is 9.85. The van der Waals surface area contributed by atoms with Gasteiger partial charge < -0.3 is 38.2 Å². The number of carbonyl (C=O) groups is 2. The largest absolute Gasteiger partial charge is 0.497 e. The second kappa shape index (κ2) is 20.4. The number of rotatable bonds is 14. The molecule has 0 fully saturated rings. The van der Waals surface area contributed by atoms with E-state index < -0.39 is 6.04 Å². The maximum Gasteiger partial charge on any atom is 0.232 e. The smallest absolute Gasteiger partial charge is 0.232 e. The molecule has 2 amide bonds. The van der Waals surface area contributed by atoms with Crippen molar-refractivity contribution in [2.24, 2.45) is 0 Å². The van der Waals surface area contributed by atoms with Crippen molar-refractivity contribution in [1.82, 2.24) is 0 Å². The van der Waals surface area contributed by atoms with E-state index in [1.807, 2.05) is 105 Å². The average molecular weight is 867 g/mol. The van der Waals surface area contributed by atoms with E-state index in [1.54, 1.807) is 49.5 Å². The summed E-state index contributed by atoms with van der Waals surface area (Å²) in [5, 5.41) is 0. The zero-order valence-electron chi connectivity index (χ0n) is 37.5. The first-order valence-corrected chi connectivity index (χ1v) is 21.7. The van der Waals surface area contributed by atoms with E-state index in [2.05, 4.69) is 19.1 Å². The summed E-state index contributed by atoms with van der Waals surface area (Å²) < 4.78 is 48.9. The van der Waals surface area contributed by atoms with Crippen LogP contribution in [0.2, 0.25) is 0 Å². The zero-order chi connectivity index (χ0) is 45.3. The Bertz CT molecular complexity index is 2400. The van der Waals surface area contributed by atoms with Crippen LogP contribution in [0.5, 0.6) is 34.5 Å². The normalized spacial score (nSPS) is 15.3. The third-order valence-corrected chi connectivity index (χ3v) is 11.3. The number of amides is 2. The van der Waals surface area contributed by atoms with Crippen molar-refractivity contribution in [1.29, 1.82) is 0 Å². The molecule has 2 unspecified atom stereocenters. The first-order valence-electron chi connectivity index (χ1n) is 21.7. The van der Waals surface area contributed by atoms with Gasteiger partial charge >= 0.3 is 0 Å². The van der Waals surface area contributed by atoms with Crippen molar-refractivity contribution in [3.05, 3.63) is 166 Å². The highest BCUT2D eigenvalue weighted by molar-refractivity contribution is 5.99. The number of hydrogen-bond donors (Lipinski definition) is 0. The standard InChI is InChI=1S/C27H29NO4.C26H26FNO4/c1-5-31-24-15-19-16-26(29)28(20-11-13-21(30-4)14-12-20)27(22-10-8-7-9-18(22)3)23(19)17-25(24)32-6-2;1-4-31-23-14-17-15-25(29)28(18-10-12-19(30-3)13-11-18)26(20-8-6-7-9-22(20)27)21(17)16-24(23)32-5-2/h7-15,17,27H,5-6,16H2,1-4H3;6-14,16,26H,4-5,15H2,1-3H3. The van der Waals surface area contributed by atoms with Gasteiger partial charge in [-0.15, -0.1) is 0 Å². The Hall–Kier alpha value is -7.01. The van der Waals surface area contributed by atoms with Gasteiger partial charge in [0.15, 0.2) is 23.0 Å². The van der Waals surface area contributed by atoms with E-state index in [1.165, 1.54) is 6.07 Å². The van der Waals surface area contributed by atoms with E-state index in [0.29, 0.717) is 72.8 Å². The molecule has 332 valence electrons. The molecular weight excluding hydrogens is 812 g/mol. The Morgan fingerprint density at radius 1 is 0.500 bits per heavy atom. The van der Waals surface area contributed by atoms with Crippen molar-refractivity contribution >= 4 is 23.2 Å². The second-order valence-electron chi connectivity index (χ2n) is 15.2. The zero-order valence-corrected chi connectivity index (χ0v) is 37.5. The van der Waals surface area contributed by atoms with Crippen LogP contribution in [0.25, 0.3) is 0 Å². The summed E-state index contributed by atoms with van der Waals surface area (Å²) in [5.41, 5.74) is 7.79. The number of ether oxygens (including phenoxy) is 6. The van der Waals surface area contributed by atoms with Gasteiger partial charge in [0.2, 0.25) is 11.8 Å². The van der Waals surface area contributed by atoms with E-state index in [4.69, 9.17) is 28.4 Å². The molecule has 11 heteroatoms. The van der Waals surface area contributed by atoms with Gasteiger partial charge in [-0.1, -0.05) is 42.5 Å². The summed E-state index contributed by atoms with van der Waals surface area (Å²) in [6.45, 7) is 11.8. The van der Waals surface area contributed by atoms with E-state index >= 15 is 4.39 Å². The lowest BCUT2D eigenvalue weighted by molar-refractivity contribution is -0.119. The van der Waals surface area contributed by atoms with E-state index in [-0.39, 0.29) is 30.1 Å². The third kappa shape index (κ3) is 9.34. The molecule has 64 heavy (non-hydrogen) atoms. The fourth-order valence-electron chi connectivity index (χ4n) is 8.46. The van der Waals surface area contributed by atoms with Crippen molar-refractivity contribution in [2.75, 3.05) is 50.4 Å². The van der Waals surface area contributed by atoms with Crippen molar-refractivity contribution in [3.8, 4) is 34.5 Å². The maximum atomic E-state index is 15.0. The summed E-state index contributed by atoms with van der Waals surface area (Å²) in [5.74, 6) is 3.54. The molecule has 6 aromatic rings. The summed E-state index contributed by atoms with van der Waals surface area (Å²) in [7, 11) is 3.23. The van der Waals surface area contributed by atoms with Crippen LogP contribution in [-0.2, 0) is 22.4 Å². The monoisotopic (exact) mass is 866 g/mol. The molecule has 0 saturated heterocycles. The molecule has 0 aliphatic carbocycles. The summed E-state index contributed by atoms with van der Waals surface area (Å²) in [6, 6.07) is 36.5. The average Bonchev–Trinajstić information content (AvgIpc) is 3.30. The van der Waals surface area contributed by atoms with Gasteiger partial charge in [-0.25, -0.2) is 4.39 Å². The molecule has 2 aliphatic heterocycles. The predicted octanol–water partition coefficient (Wildman–Crippen LogP) is 10.8. The number of halogens is 1. The highest BCUT2D eigenvalue weighted by Gasteiger charge is 2.38. The Kier molecular flexibility index (Phi) is 14.4. The first-order chi connectivity index (χ1) is 31.1. The summed E-state index contributed by atoms with van der Waals surface area (Å²) >= 11 is 0. The lowest BCUT2D eigenvalue weighted by Crippen LogP contribution is -2.41. The minimum Gasteiger partial charge on any atom is -0.497 e. The molecule has 10 nitrogen and oxygen atoms in total. The van der Waals surface area contributed by atoms with Gasteiger partial charge in [0.05, 0.1) is 65.6 Å². The Morgan fingerprint density at radius 2 is 0.875 bits per heavy atom. The van der Waals surface area contributed by atoms with Crippen LogP contribution in [0.15, 0.2) is 121 Å². The molecule has 2 atom stereocenters. The van der Waals surface area contributed by atoms with Crippen LogP contribution in [0.3, 0.4) is 0 Å². The van der Waals surface area contributed by atoms with Crippen molar-refractivity contribution in [3.63, 3.8) is 0 Å². The number of hydrogen-bond acceptors (Lipinski definition) is 8. The van der Waals surface area contributed by atoms with Crippen molar-refractivity contribution < 1.29 is 42.4 Å². The molecule has 2 aliphatic rings. The Labute approximate surface area is 375 Å². The molecule has 8 rings (SSSR count). The Morgan fingerprint density at radius 3 is 1.27 bits per heavy atom. The van der Waals surface area contributed by atoms with E-state index in [9.17, 15) is 9.59 Å². The summed E-state index contributed by atoms with van der Waals surface area (Å²) in [4.78, 5) is 30.4. The Balaban J connectivity index is 0.000000191. The van der Waals surface area contributed by atoms with Crippen molar-refractivity contribution in [2.45, 2.75) is 59.5 Å². The molecule has 0 spiro atoms. The van der Waals surface area contributed by atoms with Crippen LogP contribution in [0.4, 0.5) is 15.8 Å². The minimum atomic E-state index is -0.643. The van der Waals surface area contributed by atoms with Gasteiger partial charge in [-0.05, 0) is 147 Å². The molecular formula is C53H55FN2O8. The van der Waals surface area contributed by atoms with E-state index in [0.717, 1.165) is 44.8 Å². The van der Waals surface area contributed by atoms with Crippen LogP contribution in [-0.4, -0.2) is 52.5 Å². The van der Waals surface area contributed by atoms with Crippen LogP contribution in [0.1, 0.15) is 78.7 Å². The molecule has 0 aromatic heterocycles. The minimum absolute atomic E-state index is 0.0440. The number of carbonyl (C=O) groups excluding carboxylic acids is 2. The second-order valence-corrected chi connectivity index (χ2v) is 15.2.